The van der Waals surface area contributed by atoms with Crippen molar-refractivity contribution in [3.05, 3.63) is 88.9 Å². The Morgan fingerprint density at radius 2 is 1.64 bits per heavy atom. The first-order valence-corrected chi connectivity index (χ1v) is 13.4. The van der Waals surface area contributed by atoms with Gasteiger partial charge in [0.25, 0.3) is 0 Å². The molecule has 2 atom stereocenters. The smallest absolute Gasteiger partial charge is 0.228 e. The number of hydrogen-bond acceptors (Lipinski definition) is 8. The van der Waals surface area contributed by atoms with Crippen molar-refractivity contribution in [2.75, 3.05) is 31.5 Å². The molecule has 1 heterocycles. The molecule has 10 heteroatoms. The van der Waals surface area contributed by atoms with Crippen LogP contribution in [0.5, 0.6) is 17.2 Å². The number of ketones is 1. The first-order chi connectivity index (χ1) is 20.2. The number of amides is 1. The number of halogens is 1. The number of rotatable bonds is 8. The van der Waals surface area contributed by atoms with Crippen molar-refractivity contribution < 1.29 is 38.1 Å². The van der Waals surface area contributed by atoms with Gasteiger partial charge in [0.05, 0.1) is 38.7 Å². The Hall–Kier alpha value is -4.86. The molecule has 0 aromatic heterocycles. The SMILES string of the molecule is COc1cc([C@H]2CC(=O)C3=C(C2)Nc2ccccc2N(C(=O)CCC(=O)[O-])[C@@H]3c2cccc(F)c2)cc(OC)c1OC. The van der Waals surface area contributed by atoms with E-state index in [1.807, 2.05) is 12.1 Å². The standard InChI is InChI=1S/C32H31FN2O7/c1-40-26-16-20(17-27(41-2)32(26)42-3)19-14-23-30(25(36)15-19)31(18-7-6-8-21(33)13-18)35(28(37)11-12-29(38)39)24-10-5-4-9-22(24)34-23/h4-10,13,16-17,19,31,34H,11-12,14-15H2,1-3H3,(H,38,39)/p-1/t19-,31-/m1/s1. The third kappa shape index (κ3) is 5.39. The highest BCUT2D eigenvalue weighted by molar-refractivity contribution is 6.06. The fraction of sp³-hybridized carbons (Fsp3) is 0.281. The van der Waals surface area contributed by atoms with Crippen LogP contribution in [0.1, 0.15) is 48.8 Å². The number of para-hydroxylation sites is 2. The maximum Gasteiger partial charge on any atom is 0.228 e. The van der Waals surface area contributed by atoms with Gasteiger partial charge in [0, 0.05) is 30.1 Å². The van der Waals surface area contributed by atoms with Gasteiger partial charge in [-0.2, -0.15) is 0 Å². The van der Waals surface area contributed by atoms with Crippen molar-refractivity contribution in [1.82, 2.24) is 0 Å². The molecular weight excluding hydrogens is 543 g/mol. The highest BCUT2D eigenvalue weighted by atomic mass is 19.1. The van der Waals surface area contributed by atoms with Crippen LogP contribution in [-0.4, -0.2) is 39.0 Å². The number of methoxy groups -OCH3 is 3. The van der Waals surface area contributed by atoms with Gasteiger partial charge in [0.15, 0.2) is 17.3 Å². The van der Waals surface area contributed by atoms with Gasteiger partial charge in [-0.15, -0.1) is 0 Å². The molecule has 1 aliphatic heterocycles. The van der Waals surface area contributed by atoms with Crippen molar-refractivity contribution in [2.45, 2.75) is 37.6 Å². The minimum atomic E-state index is -1.37. The quantitative estimate of drug-likeness (QED) is 0.425. The highest BCUT2D eigenvalue weighted by Gasteiger charge is 2.41. The van der Waals surface area contributed by atoms with Crippen LogP contribution in [-0.2, 0) is 14.4 Å². The summed E-state index contributed by atoms with van der Waals surface area (Å²) in [6.07, 6.45) is -0.361. The van der Waals surface area contributed by atoms with Crippen LogP contribution in [0.3, 0.4) is 0 Å². The number of carboxylic acid groups (broad SMARTS) is 1. The summed E-state index contributed by atoms with van der Waals surface area (Å²) in [5.41, 5.74) is 3.10. The molecule has 42 heavy (non-hydrogen) atoms. The number of benzene rings is 3. The zero-order valence-corrected chi connectivity index (χ0v) is 23.4. The van der Waals surface area contributed by atoms with Gasteiger partial charge in [-0.25, -0.2) is 4.39 Å². The van der Waals surface area contributed by atoms with E-state index in [1.165, 1.54) is 44.4 Å². The second-order valence-electron chi connectivity index (χ2n) is 10.1. The molecule has 3 aromatic rings. The van der Waals surface area contributed by atoms with E-state index in [1.54, 1.807) is 30.3 Å². The summed E-state index contributed by atoms with van der Waals surface area (Å²) in [7, 11) is 4.56. The highest BCUT2D eigenvalue weighted by Crippen LogP contribution is 2.49. The van der Waals surface area contributed by atoms with Crippen LogP contribution >= 0.6 is 0 Å². The van der Waals surface area contributed by atoms with Crippen LogP contribution in [0.2, 0.25) is 0 Å². The van der Waals surface area contributed by atoms with Crippen LogP contribution in [0.15, 0.2) is 71.9 Å². The van der Waals surface area contributed by atoms with Gasteiger partial charge in [-0.05, 0) is 66.3 Å². The monoisotopic (exact) mass is 573 g/mol. The van der Waals surface area contributed by atoms with Gasteiger partial charge >= 0.3 is 0 Å². The Balaban J connectivity index is 1.67. The Bertz CT molecular complexity index is 1560. The minimum absolute atomic E-state index is 0.0996. The largest absolute Gasteiger partial charge is 0.550 e. The van der Waals surface area contributed by atoms with E-state index >= 15 is 0 Å². The lowest BCUT2D eigenvalue weighted by molar-refractivity contribution is -0.305. The average molecular weight is 574 g/mol. The fourth-order valence-corrected chi connectivity index (χ4v) is 5.76. The third-order valence-electron chi connectivity index (χ3n) is 7.62. The summed E-state index contributed by atoms with van der Waals surface area (Å²) in [5.74, 6) is -1.59. The Kier molecular flexibility index (Phi) is 8.15. The average Bonchev–Trinajstić information content (AvgIpc) is 3.13. The molecule has 1 N–H and O–H groups in total. The summed E-state index contributed by atoms with van der Waals surface area (Å²) < 4.78 is 31.1. The number of fused-ring (bicyclic) bond motifs is 1. The molecule has 3 aromatic carbocycles. The summed E-state index contributed by atoms with van der Waals surface area (Å²) in [6, 6.07) is 15.4. The molecule has 0 spiro atoms. The molecular formula is C32H30FN2O7-. The summed E-state index contributed by atoms with van der Waals surface area (Å²) in [5, 5.41) is 14.6. The maximum absolute atomic E-state index is 14.6. The van der Waals surface area contributed by atoms with E-state index in [0.717, 1.165) is 5.56 Å². The van der Waals surface area contributed by atoms with Crippen LogP contribution in [0, 0.1) is 5.82 Å². The zero-order chi connectivity index (χ0) is 30.0. The molecule has 0 bridgehead atoms. The first kappa shape index (κ1) is 28.7. The van der Waals surface area contributed by atoms with Crippen LogP contribution in [0.25, 0.3) is 0 Å². The molecule has 2 aliphatic rings. The number of hydrogen-bond donors (Lipinski definition) is 1. The number of nitrogens with one attached hydrogen (secondary N) is 1. The van der Waals surface area contributed by atoms with Gasteiger partial charge in [-0.3, -0.25) is 14.5 Å². The molecule has 0 fully saturated rings. The number of anilines is 2. The Morgan fingerprint density at radius 3 is 2.29 bits per heavy atom. The molecule has 0 saturated carbocycles. The lowest BCUT2D eigenvalue weighted by Gasteiger charge is -2.35. The minimum Gasteiger partial charge on any atom is -0.550 e. The third-order valence-corrected chi connectivity index (χ3v) is 7.62. The second kappa shape index (κ2) is 11.9. The number of ether oxygens (including phenoxy) is 3. The number of nitrogens with zero attached hydrogens (tertiary/aromatic N) is 1. The van der Waals surface area contributed by atoms with Crippen LogP contribution in [0.4, 0.5) is 15.8 Å². The molecule has 0 radical (unpaired) electrons. The van der Waals surface area contributed by atoms with Gasteiger partial charge in [0.1, 0.15) is 5.82 Å². The number of carboxylic acids is 1. The molecule has 218 valence electrons. The predicted molar refractivity (Wildman–Crippen MR) is 151 cm³/mol. The van der Waals surface area contributed by atoms with E-state index < -0.39 is 30.2 Å². The summed E-state index contributed by atoms with van der Waals surface area (Å²) >= 11 is 0. The van der Waals surface area contributed by atoms with E-state index in [9.17, 15) is 23.9 Å². The number of aliphatic carboxylic acids is 1. The molecule has 1 aliphatic carbocycles. The van der Waals surface area contributed by atoms with Crippen molar-refractivity contribution in [1.29, 1.82) is 0 Å². The molecule has 9 nitrogen and oxygen atoms in total. The number of allylic oxidation sites excluding steroid dienone is 1. The molecule has 0 saturated heterocycles. The molecule has 0 unspecified atom stereocenters. The maximum atomic E-state index is 14.6. The second-order valence-corrected chi connectivity index (χ2v) is 10.1. The fourth-order valence-electron chi connectivity index (χ4n) is 5.76. The molecule has 5 rings (SSSR count). The lowest BCUT2D eigenvalue weighted by atomic mass is 9.78. The zero-order valence-electron chi connectivity index (χ0n) is 23.4. The molecule has 1 amide bonds. The topological polar surface area (TPSA) is 117 Å². The van der Waals surface area contributed by atoms with E-state index in [-0.39, 0.29) is 24.5 Å². The van der Waals surface area contributed by atoms with Gasteiger partial charge in [-0.1, -0.05) is 24.3 Å². The number of carbonyl (C=O) groups excluding carboxylic acids is 3. The van der Waals surface area contributed by atoms with Crippen molar-refractivity contribution in [3.63, 3.8) is 0 Å². The first-order valence-electron chi connectivity index (χ1n) is 13.4. The summed E-state index contributed by atoms with van der Waals surface area (Å²) in [6.45, 7) is 0. The lowest BCUT2D eigenvalue weighted by Crippen LogP contribution is -2.39. The summed E-state index contributed by atoms with van der Waals surface area (Å²) in [4.78, 5) is 40.5. The Morgan fingerprint density at radius 1 is 0.929 bits per heavy atom. The predicted octanol–water partition coefficient (Wildman–Crippen LogP) is 4.28. The number of carbonyl (C=O) groups is 3. The van der Waals surface area contributed by atoms with E-state index in [4.69, 9.17) is 14.2 Å². The normalized spacial score (nSPS) is 17.9. The van der Waals surface area contributed by atoms with Crippen LogP contribution < -0.4 is 29.5 Å². The van der Waals surface area contributed by atoms with Gasteiger partial charge in [0.2, 0.25) is 11.7 Å². The van der Waals surface area contributed by atoms with Crippen molar-refractivity contribution in [3.8, 4) is 17.2 Å². The van der Waals surface area contributed by atoms with Crippen molar-refractivity contribution in [2.24, 2.45) is 0 Å². The van der Waals surface area contributed by atoms with E-state index in [0.29, 0.717) is 51.9 Å². The Labute approximate surface area is 242 Å². The number of Topliss-reactive ketones (excluding diaryl/α,β-unsaturated/α-hetero) is 1. The van der Waals surface area contributed by atoms with Gasteiger partial charge < -0.3 is 29.4 Å². The van der Waals surface area contributed by atoms with E-state index in [2.05, 4.69) is 5.32 Å². The van der Waals surface area contributed by atoms with Crippen molar-refractivity contribution >= 4 is 29.0 Å².